The summed E-state index contributed by atoms with van der Waals surface area (Å²) < 4.78 is 13.7. The van der Waals surface area contributed by atoms with Gasteiger partial charge in [0.2, 0.25) is 0 Å². The second-order valence-corrected chi connectivity index (χ2v) is 7.53. The van der Waals surface area contributed by atoms with Crippen molar-refractivity contribution in [3.8, 4) is 0 Å². The van der Waals surface area contributed by atoms with E-state index in [4.69, 9.17) is 9.47 Å². The quantitative estimate of drug-likeness (QED) is 0.876. The summed E-state index contributed by atoms with van der Waals surface area (Å²) in [5, 5.41) is 14.3. The highest BCUT2D eigenvalue weighted by molar-refractivity contribution is 5.04. The van der Waals surface area contributed by atoms with Crippen molar-refractivity contribution >= 4 is 0 Å². The minimum absolute atomic E-state index is 0.0833. The number of rotatable bonds is 4. The van der Waals surface area contributed by atoms with Gasteiger partial charge in [0.1, 0.15) is 18.0 Å². The lowest BCUT2D eigenvalue weighted by Crippen LogP contribution is -2.58. The van der Waals surface area contributed by atoms with Gasteiger partial charge in [-0.15, -0.1) is 0 Å². The monoisotopic (exact) mass is 309 g/mol. The van der Waals surface area contributed by atoms with Crippen LogP contribution in [0.2, 0.25) is 0 Å². The maximum atomic E-state index is 10.9. The van der Waals surface area contributed by atoms with E-state index in [9.17, 15) is 5.11 Å². The maximum Gasteiger partial charge on any atom is 0.181 e. The first-order valence-electron chi connectivity index (χ1n) is 8.05. The van der Waals surface area contributed by atoms with Crippen molar-refractivity contribution in [2.75, 3.05) is 13.2 Å². The molecule has 0 amide bonds. The van der Waals surface area contributed by atoms with Gasteiger partial charge >= 0.3 is 0 Å². The maximum absolute atomic E-state index is 10.9. The van der Waals surface area contributed by atoms with Gasteiger partial charge in [-0.1, -0.05) is 20.8 Å². The Morgan fingerprint density at radius 1 is 1.45 bits per heavy atom. The highest BCUT2D eigenvalue weighted by Gasteiger charge is 2.50. The second-order valence-electron chi connectivity index (χ2n) is 7.53. The number of aliphatic hydroxyl groups is 1. The van der Waals surface area contributed by atoms with Crippen LogP contribution in [0.1, 0.15) is 39.1 Å². The van der Waals surface area contributed by atoms with Crippen molar-refractivity contribution < 1.29 is 14.6 Å². The van der Waals surface area contributed by atoms with Crippen molar-refractivity contribution in [1.29, 1.82) is 0 Å². The van der Waals surface area contributed by atoms with E-state index in [-0.39, 0.29) is 23.6 Å². The molecule has 2 N–H and O–H groups in total. The highest BCUT2D eigenvalue weighted by atomic mass is 16.7. The summed E-state index contributed by atoms with van der Waals surface area (Å²) in [6, 6.07) is -0.374. The van der Waals surface area contributed by atoms with Crippen LogP contribution >= 0.6 is 0 Å². The third kappa shape index (κ3) is 3.06. The third-order valence-corrected chi connectivity index (χ3v) is 4.57. The molecule has 1 aromatic heterocycles. The molecule has 124 valence electrons. The van der Waals surface area contributed by atoms with E-state index in [0.29, 0.717) is 6.61 Å². The van der Waals surface area contributed by atoms with E-state index in [1.54, 1.807) is 6.20 Å². The Bertz CT molecular complexity index is 511. The van der Waals surface area contributed by atoms with Crippen LogP contribution < -0.4 is 5.32 Å². The zero-order valence-electron chi connectivity index (χ0n) is 13.8. The lowest BCUT2D eigenvalue weighted by molar-refractivity contribution is -0.165. The number of nitrogens with one attached hydrogen (secondary N) is 1. The van der Waals surface area contributed by atoms with Crippen LogP contribution in [0.5, 0.6) is 0 Å². The number of imidazole rings is 1. The van der Waals surface area contributed by atoms with Crippen LogP contribution in [0, 0.1) is 12.3 Å². The fourth-order valence-corrected chi connectivity index (χ4v) is 3.27. The Labute approximate surface area is 131 Å². The van der Waals surface area contributed by atoms with Crippen LogP contribution in [0.3, 0.4) is 0 Å². The van der Waals surface area contributed by atoms with E-state index < -0.39 is 12.4 Å². The number of hydrogen-bond acceptors (Lipinski definition) is 5. The van der Waals surface area contributed by atoms with Crippen LogP contribution in [0.15, 0.2) is 12.4 Å². The normalized spacial score (nSPS) is 35.0. The number of hydrogen-bond donors (Lipinski definition) is 2. The fraction of sp³-hybridized carbons (Fsp3) is 0.812. The molecule has 0 saturated carbocycles. The highest BCUT2D eigenvalue weighted by Crippen LogP contribution is 2.36. The summed E-state index contributed by atoms with van der Waals surface area (Å²) in [5.74, 6) is 0.857. The Kier molecular flexibility index (Phi) is 4.29. The van der Waals surface area contributed by atoms with E-state index in [0.717, 1.165) is 18.8 Å². The summed E-state index contributed by atoms with van der Waals surface area (Å²) >= 11 is 0. The van der Waals surface area contributed by atoms with Crippen molar-refractivity contribution in [2.24, 2.45) is 5.41 Å². The molecule has 6 heteroatoms. The number of fused-ring (bicyclic) bond motifs is 2. The van der Waals surface area contributed by atoms with Gasteiger partial charge in [-0.2, -0.15) is 0 Å². The number of ether oxygens (including phenoxy) is 2. The molecule has 0 aliphatic carbocycles. The van der Waals surface area contributed by atoms with Gasteiger partial charge in [0, 0.05) is 12.4 Å². The number of aryl methyl sites for hydroxylation is 1. The molecular weight excluding hydrogens is 282 g/mol. The van der Waals surface area contributed by atoms with Gasteiger partial charge in [0.15, 0.2) is 6.29 Å². The van der Waals surface area contributed by atoms with Gasteiger partial charge in [0.25, 0.3) is 0 Å². The van der Waals surface area contributed by atoms with Gasteiger partial charge in [-0.05, 0) is 25.3 Å². The summed E-state index contributed by atoms with van der Waals surface area (Å²) in [6.07, 6.45) is 3.63. The van der Waals surface area contributed by atoms with Crippen LogP contribution in [0.25, 0.3) is 0 Å². The topological polar surface area (TPSA) is 68.5 Å². The minimum Gasteiger partial charge on any atom is -0.389 e. The lowest BCUT2D eigenvalue weighted by Gasteiger charge is -2.40. The van der Waals surface area contributed by atoms with Crippen molar-refractivity contribution in [2.45, 2.75) is 64.7 Å². The van der Waals surface area contributed by atoms with Crippen molar-refractivity contribution in [3.05, 3.63) is 18.2 Å². The molecule has 0 spiro atoms. The van der Waals surface area contributed by atoms with Crippen LogP contribution in [-0.2, 0) is 9.47 Å². The van der Waals surface area contributed by atoms with E-state index >= 15 is 0 Å². The molecule has 0 unspecified atom stereocenters. The Morgan fingerprint density at radius 2 is 2.23 bits per heavy atom. The molecule has 3 heterocycles. The fourth-order valence-electron chi connectivity index (χ4n) is 3.27. The van der Waals surface area contributed by atoms with Crippen molar-refractivity contribution in [3.63, 3.8) is 0 Å². The lowest BCUT2D eigenvalue weighted by atomic mass is 9.91. The minimum atomic E-state index is -0.556. The zero-order chi connectivity index (χ0) is 15.9. The second kappa shape index (κ2) is 5.92. The molecule has 2 aliphatic rings. The van der Waals surface area contributed by atoms with Gasteiger partial charge in [-0.25, -0.2) is 4.98 Å². The zero-order valence-corrected chi connectivity index (χ0v) is 13.8. The van der Waals surface area contributed by atoms with Gasteiger partial charge in [-0.3, -0.25) is 0 Å². The Balaban J connectivity index is 1.73. The summed E-state index contributed by atoms with van der Waals surface area (Å²) in [7, 11) is 0. The first-order valence-corrected chi connectivity index (χ1v) is 8.05. The Morgan fingerprint density at radius 3 is 2.86 bits per heavy atom. The summed E-state index contributed by atoms with van der Waals surface area (Å²) in [4.78, 5) is 4.25. The first-order chi connectivity index (χ1) is 10.4. The number of aromatic nitrogens is 2. The van der Waals surface area contributed by atoms with Crippen LogP contribution in [0.4, 0.5) is 0 Å². The van der Waals surface area contributed by atoms with E-state index in [1.807, 2.05) is 17.7 Å². The molecule has 6 nitrogen and oxygen atoms in total. The number of aliphatic hydroxyl groups excluding tert-OH is 1. The molecule has 1 aromatic rings. The molecule has 22 heavy (non-hydrogen) atoms. The Hall–Kier alpha value is -0.950. The number of nitrogens with zero attached hydrogens (tertiary/aromatic N) is 2. The third-order valence-electron chi connectivity index (χ3n) is 4.57. The average molecular weight is 309 g/mol. The molecule has 3 rings (SSSR count). The molecule has 5 atom stereocenters. The average Bonchev–Trinajstić information content (AvgIpc) is 3.02. The van der Waals surface area contributed by atoms with Gasteiger partial charge in [0.05, 0.1) is 18.8 Å². The van der Waals surface area contributed by atoms with E-state index in [2.05, 4.69) is 31.1 Å². The van der Waals surface area contributed by atoms with Gasteiger partial charge < -0.3 is 24.5 Å². The summed E-state index contributed by atoms with van der Waals surface area (Å²) in [6.45, 7) is 9.96. The molecule has 2 saturated heterocycles. The first kappa shape index (κ1) is 15.9. The van der Waals surface area contributed by atoms with Crippen LogP contribution in [-0.4, -0.2) is 52.3 Å². The predicted octanol–water partition coefficient (Wildman–Crippen LogP) is 1.24. The standard InChI is InChI=1S/C16H27N3O3/c1-10-17-7-8-19(10)13-14(20)12(11-9-21-15(13)22-11)18-6-5-16(2,3)4/h7-8,11-15,18,20H,5-6,9H2,1-4H3/t11-,12-,13-,14+,15-/m1/s1. The molecule has 2 fully saturated rings. The van der Waals surface area contributed by atoms with Crippen molar-refractivity contribution in [1.82, 2.24) is 14.9 Å². The molecule has 2 aliphatic heterocycles. The SMILES string of the molecule is Cc1nccn1[C@H]1[C@@H]2OC[C@@H](O2)[C@@H](NCCC(C)(C)C)[C@@H]1O. The molecule has 0 aromatic carbocycles. The van der Waals surface area contributed by atoms with E-state index in [1.165, 1.54) is 0 Å². The summed E-state index contributed by atoms with van der Waals surface area (Å²) in [5.41, 5.74) is 0.266. The molecule has 0 radical (unpaired) electrons. The molecular formula is C16H27N3O3. The largest absolute Gasteiger partial charge is 0.389 e. The predicted molar refractivity (Wildman–Crippen MR) is 82.5 cm³/mol. The molecule has 2 bridgehead atoms. The smallest absolute Gasteiger partial charge is 0.181 e.